The highest BCUT2D eigenvalue weighted by atomic mass is 79.9. The van der Waals surface area contributed by atoms with Gasteiger partial charge >= 0.3 is 0 Å². The van der Waals surface area contributed by atoms with Gasteiger partial charge in [-0.05, 0) is 47.6 Å². The van der Waals surface area contributed by atoms with Crippen LogP contribution in [-0.2, 0) is 9.59 Å². The fourth-order valence-electron chi connectivity index (χ4n) is 2.29. The van der Waals surface area contributed by atoms with Gasteiger partial charge in [0.1, 0.15) is 5.82 Å². The van der Waals surface area contributed by atoms with Crippen molar-refractivity contribution >= 4 is 33.6 Å². The first-order chi connectivity index (χ1) is 11.9. The van der Waals surface area contributed by atoms with E-state index in [-0.39, 0.29) is 30.9 Å². The third-order valence-corrected chi connectivity index (χ3v) is 3.97. The van der Waals surface area contributed by atoms with Crippen molar-refractivity contribution in [3.8, 4) is 0 Å². The number of pyridine rings is 1. The Morgan fingerprint density at radius 2 is 1.80 bits per heavy atom. The third kappa shape index (κ3) is 6.64. The minimum absolute atomic E-state index is 0.0807. The number of likely N-dealkylation sites (N-methyl/N-ethyl adjacent to an activating group) is 1. The third-order valence-electron chi connectivity index (χ3n) is 3.50. The molecule has 6 nitrogen and oxygen atoms in total. The van der Waals surface area contributed by atoms with Crippen LogP contribution in [-0.4, -0.2) is 41.8 Å². The zero-order valence-corrected chi connectivity index (χ0v) is 15.8. The van der Waals surface area contributed by atoms with Crippen molar-refractivity contribution < 1.29 is 9.59 Å². The molecule has 0 saturated heterocycles. The number of carbonyl (C=O) groups is 2. The van der Waals surface area contributed by atoms with E-state index in [0.717, 1.165) is 10.0 Å². The Kier molecular flexibility index (Phi) is 7.09. The van der Waals surface area contributed by atoms with E-state index in [0.29, 0.717) is 5.82 Å². The van der Waals surface area contributed by atoms with Crippen LogP contribution in [0.4, 0.5) is 5.82 Å². The molecule has 0 spiro atoms. The van der Waals surface area contributed by atoms with Crippen molar-refractivity contribution in [3.05, 3.63) is 58.7 Å². The first-order valence-electron chi connectivity index (χ1n) is 7.88. The van der Waals surface area contributed by atoms with Crippen LogP contribution in [0.3, 0.4) is 0 Å². The summed E-state index contributed by atoms with van der Waals surface area (Å²) in [4.78, 5) is 29.8. The number of nitrogens with one attached hydrogen (secondary N) is 2. The minimum Gasteiger partial charge on any atom is -0.348 e. The molecule has 1 heterocycles. The molecule has 2 amide bonds. The van der Waals surface area contributed by atoms with Gasteiger partial charge < -0.3 is 10.6 Å². The lowest BCUT2D eigenvalue weighted by Crippen LogP contribution is -2.39. The number of anilines is 1. The van der Waals surface area contributed by atoms with Crippen molar-refractivity contribution in [2.45, 2.75) is 13.0 Å². The molecule has 0 radical (unpaired) electrons. The number of amides is 2. The van der Waals surface area contributed by atoms with Gasteiger partial charge in [-0.3, -0.25) is 14.5 Å². The van der Waals surface area contributed by atoms with Gasteiger partial charge in [0, 0.05) is 10.7 Å². The topological polar surface area (TPSA) is 74.3 Å². The van der Waals surface area contributed by atoms with Gasteiger partial charge in [-0.1, -0.05) is 30.3 Å². The van der Waals surface area contributed by atoms with Gasteiger partial charge in [0.2, 0.25) is 11.8 Å². The SMILES string of the molecule is CC(NC(=O)CN(C)CC(=O)Nc1ccc(Br)cn1)c1ccccc1. The fraction of sp³-hybridized carbons (Fsp3) is 0.278. The summed E-state index contributed by atoms with van der Waals surface area (Å²) in [7, 11) is 1.72. The lowest BCUT2D eigenvalue weighted by Gasteiger charge is -2.19. The van der Waals surface area contributed by atoms with E-state index >= 15 is 0 Å². The largest absolute Gasteiger partial charge is 0.348 e. The Labute approximate surface area is 155 Å². The number of nitrogens with zero attached hydrogens (tertiary/aromatic N) is 2. The monoisotopic (exact) mass is 404 g/mol. The molecule has 0 aliphatic heterocycles. The van der Waals surface area contributed by atoms with Crippen LogP contribution in [0.25, 0.3) is 0 Å². The Balaban J connectivity index is 1.76. The van der Waals surface area contributed by atoms with E-state index in [2.05, 4.69) is 31.5 Å². The van der Waals surface area contributed by atoms with Crippen LogP contribution in [0.5, 0.6) is 0 Å². The van der Waals surface area contributed by atoms with Gasteiger partial charge in [0.15, 0.2) is 0 Å². The maximum absolute atomic E-state index is 12.1. The molecule has 0 saturated carbocycles. The summed E-state index contributed by atoms with van der Waals surface area (Å²) < 4.78 is 0.840. The number of halogens is 1. The van der Waals surface area contributed by atoms with Crippen LogP contribution >= 0.6 is 15.9 Å². The van der Waals surface area contributed by atoms with Crippen molar-refractivity contribution in [2.75, 3.05) is 25.5 Å². The van der Waals surface area contributed by atoms with Crippen LogP contribution in [0.1, 0.15) is 18.5 Å². The number of benzene rings is 1. The molecule has 1 atom stereocenters. The Morgan fingerprint density at radius 3 is 2.44 bits per heavy atom. The van der Waals surface area contributed by atoms with Gasteiger partial charge in [-0.2, -0.15) is 0 Å². The summed E-state index contributed by atoms with van der Waals surface area (Å²) in [5, 5.41) is 5.62. The summed E-state index contributed by atoms with van der Waals surface area (Å²) in [6, 6.07) is 13.2. The smallest absolute Gasteiger partial charge is 0.239 e. The first kappa shape index (κ1) is 19.1. The van der Waals surface area contributed by atoms with E-state index in [9.17, 15) is 9.59 Å². The molecule has 1 unspecified atom stereocenters. The summed E-state index contributed by atoms with van der Waals surface area (Å²) in [6.07, 6.45) is 1.61. The average Bonchev–Trinajstić information content (AvgIpc) is 2.57. The first-order valence-corrected chi connectivity index (χ1v) is 8.67. The second-order valence-electron chi connectivity index (χ2n) is 5.78. The van der Waals surface area contributed by atoms with Crippen molar-refractivity contribution in [1.29, 1.82) is 0 Å². The van der Waals surface area contributed by atoms with Crippen molar-refractivity contribution in [3.63, 3.8) is 0 Å². The predicted molar refractivity (Wildman–Crippen MR) is 101 cm³/mol. The second kappa shape index (κ2) is 9.29. The molecular weight excluding hydrogens is 384 g/mol. The Morgan fingerprint density at radius 1 is 1.12 bits per heavy atom. The Hall–Kier alpha value is -2.25. The van der Waals surface area contributed by atoms with Crippen LogP contribution in [0.2, 0.25) is 0 Å². The van der Waals surface area contributed by atoms with Gasteiger partial charge in [0.05, 0.1) is 19.1 Å². The maximum atomic E-state index is 12.1. The van der Waals surface area contributed by atoms with E-state index in [1.54, 1.807) is 30.3 Å². The zero-order chi connectivity index (χ0) is 18.2. The Bertz CT molecular complexity index is 707. The summed E-state index contributed by atoms with van der Waals surface area (Å²) >= 11 is 3.29. The normalized spacial score (nSPS) is 11.8. The molecule has 1 aromatic heterocycles. The lowest BCUT2D eigenvalue weighted by molar-refractivity contribution is -0.123. The summed E-state index contributed by atoms with van der Waals surface area (Å²) in [6.45, 7) is 2.17. The van der Waals surface area contributed by atoms with E-state index in [1.807, 2.05) is 37.3 Å². The van der Waals surface area contributed by atoms with Crippen LogP contribution in [0, 0.1) is 0 Å². The molecule has 7 heteroatoms. The van der Waals surface area contributed by atoms with Crippen molar-refractivity contribution in [2.24, 2.45) is 0 Å². The molecule has 0 aliphatic carbocycles. The van der Waals surface area contributed by atoms with Gasteiger partial charge in [0.25, 0.3) is 0 Å². The maximum Gasteiger partial charge on any atom is 0.239 e. The zero-order valence-electron chi connectivity index (χ0n) is 14.2. The second-order valence-corrected chi connectivity index (χ2v) is 6.70. The van der Waals surface area contributed by atoms with E-state index < -0.39 is 0 Å². The molecule has 2 N–H and O–H groups in total. The quantitative estimate of drug-likeness (QED) is 0.743. The summed E-state index contributed by atoms with van der Waals surface area (Å²) in [5.41, 5.74) is 1.04. The highest BCUT2D eigenvalue weighted by Gasteiger charge is 2.14. The molecular formula is C18H21BrN4O2. The molecule has 132 valence electrons. The molecule has 0 aliphatic rings. The van der Waals surface area contributed by atoms with Crippen LogP contribution in [0.15, 0.2) is 53.1 Å². The average molecular weight is 405 g/mol. The predicted octanol–water partition coefficient (Wildman–Crippen LogP) is 2.59. The highest BCUT2D eigenvalue weighted by molar-refractivity contribution is 9.10. The van der Waals surface area contributed by atoms with E-state index in [1.165, 1.54) is 0 Å². The molecule has 0 bridgehead atoms. The summed E-state index contributed by atoms with van der Waals surface area (Å²) in [5.74, 6) is 0.124. The molecule has 25 heavy (non-hydrogen) atoms. The molecule has 0 fully saturated rings. The van der Waals surface area contributed by atoms with E-state index in [4.69, 9.17) is 0 Å². The fourth-order valence-corrected chi connectivity index (χ4v) is 2.53. The van der Waals surface area contributed by atoms with Crippen LogP contribution < -0.4 is 10.6 Å². The number of aromatic nitrogens is 1. The number of hydrogen-bond acceptors (Lipinski definition) is 4. The van der Waals surface area contributed by atoms with Gasteiger partial charge in [-0.25, -0.2) is 4.98 Å². The minimum atomic E-state index is -0.221. The molecule has 2 rings (SSSR count). The van der Waals surface area contributed by atoms with Gasteiger partial charge in [-0.15, -0.1) is 0 Å². The van der Waals surface area contributed by atoms with Crippen molar-refractivity contribution in [1.82, 2.24) is 15.2 Å². The highest BCUT2D eigenvalue weighted by Crippen LogP contribution is 2.11. The standard InChI is InChI=1S/C18H21BrN4O2/c1-13(14-6-4-3-5-7-14)21-17(24)11-23(2)12-18(25)22-16-9-8-15(19)10-20-16/h3-10,13H,11-12H2,1-2H3,(H,21,24)(H,20,22,25). The number of rotatable bonds is 7. The molecule has 1 aromatic carbocycles. The molecule has 2 aromatic rings. The lowest BCUT2D eigenvalue weighted by atomic mass is 10.1. The number of carbonyl (C=O) groups excluding carboxylic acids is 2. The number of hydrogen-bond donors (Lipinski definition) is 2.